The van der Waals surface area contributed by atoms with Crippen LogP contribution in [0.2, 0.25) is 0 Å². The lowest BCUT2D eigenvalue weighted by Crippen LogP contribution is -2.17. The van der Waals surface area contributed by atoms with Gasteiger partial charge in [0.25, 0.3) is 0 Å². The maximum absolute atomic E-state index is 13.2. The van der Waals surface area contributed by atoms with Crippen LogP contribution in [-0.4, -0.2) is 12.2 Å². The van der Waals surface area contributed by atoms with E-state index in [0.29, 0.717) is 5.69 Å². The van der Waals surface area contributed by atoms with Crippen LogP contribution in [-0.2, 0) is 12.8 Å². The zero-order chi connectivity index (χ0) is 15.6. The molecule has 0 saturated heterocycles. The Hall–Kier alpha value is -2.01. The van der Waals surface area contributed by atoms with Crippen LogP contribution >= 0.6 is 0 Å². The Morgan fingerprint density at radius 1 is 1.05 bits per heavy atom. The number of hydrogen-bond donors (Lipinski definition) is 1. The van der Waals surface area contributed by atoms with E-state index in [-0.39, 0.29) is 11.3 Å². The Balaban J connectivity index is 2.49. The summed E-state index contributed by atoms with van der Waals surface area (Å²) < 4.78 is 39.6. The summed E-state index contributed by atoms with van der Waals surface area (Å²) in [6.45, 7) is 1.50. The number of nitrogens with zero attached hydrogens (tertiary/aromatic N) is 1. The van der Waals surface area contributed by atoms with E-state index in [2.05, 4.69) is 0 Å². The van der Waals surface area contributed by atoms with Crippen LogP contribution in [0, 0.1) is 6.92 Å². The van der Waals surface area contributed by atoms with Crippen LogP contribution in [0.3, 0.4) is 0 Å². The number of hydrogen-bond acceptors (Lipinski definition) is 2. The Labute approximate surface area is 121 Å². The number of anilines is 2. The number of aliphatic hydroxyl groups excluding tert-OH is 1. The zero-order valence-electron chi connectivity index (χ0n) is 11.8. The monoisotopic (exact) mass is 295 g/mol. The molecule has 0 bridgehead atoms. The molecule has 0 fully saturated rings. The quantitative estimate of drug-likeness (QED) is 0.914. The highest BCUT2D eigenvalue weighted by molar-refractivity contribution is 5.67. The second kappa shape index (κ2) is 5.77. The van der Waals surface area contributed by atoms with Crippen molar-refractivity contribution in [1.82, 2.24) is 0 Å². The smallest absolute Gasteiger partial charge is 0.392 e. The Kier molecular flexibility index (Phi) is 4.23. The second-order valence-corrected chi connectivity index (χ2v) is 4.90. The number of benzene rings is 2. The molecule has 0 spiro atoms. The van der Waals surface area contributed by atoms with E-state index in [0.717, 1.165) is 11.6 Å². The van der Waals surface area contributed by atoms with Crippen molar-refractivity contribution in [2.75, 3.05) is 11.9 Å². The van der Waals surface area contributed by atoms with Gasteiger partial charge in [0, 0.05) is 12.7 Å². The lowest BCUT2D eigenvalue weighted by atomic mass is 10.1. The lowest BCUT2D eigenvalue weighted by Gasteiger charge is -2.24. The predicted octanol–water partition coefficient (Wildman–Crippen LogP) is 4.27. The van der Waals surface area contributed by atoms with Crippen molar-refractivity contribution in [2.24, 2.45) is 0 Å². The van der Waals surface area contributed by atoms with Gasteiger partial charge in [-0.1, -0.05) is 23.8 Å². The summed E-state index contributed by atoms with van der Waals surface area (Å²) in [4.78, 5) is 1.49. The molecule has 2 rings (SSSR count). The molecule has 0 heterocycles. The normalized spacial score (nSPS) is 11.5. The molecule has 0 aromatic heterocycles. The first-order chi connectivity index (χ1) is 9.82. The molecule has 2 aromatic carbocycles. The predicted molar refractivity (Wildman–Crippen MR) is 76.6 cm³/mol. The van der Waals surface area contributed by atoms with E-state index < -0.39 is 18.3 Å². The van der Waals surface area contributed by atoms with Crippen LogP contribution in [0.1, 0.15) is 16.7 Å². The van der Waals surface area contributed by atoms with Crippen molar-refractivity contribution in [3.05, 3.63) is 59.2 Å². The van der Waals surface area contributed by atoms with Gasteiger partial charge in [-0.25, -0.2) is 0 Å². The fraction of sp³-hybridized carbons (Fsp3) is 0.250. The van der Waals surface area contributed by atoms with E-state index in [1.54, 1.807) is 19.2 Å². The number of aryl methyl sites for hydroxylation is 1. The minimum atomic E-state index is -4.47. The first-order valence-corrected chi connectivity index (χ1v) is 6.44. The highest BCUT2D eigenvalue weighted by Crippen LogP contribution is 2.39. The third-order valence-corrected chi connectivity index (χ3v) is 3.33. The summed E-state index contributed by atoms with van der Waals surface area (Å²) in [6.07, 6.45) is -4.47. The molecule has 0 radical (unpaired) electrons. The molecule has 1 N–H and O–H groups in total. The molecule has 112 valence electrons. The third kappa shape index (κ3) is 3.36. The van der Waals surface area contributed by atoms with Gasteiger partial charge in [0.2, 0.25) is 0 Å². The molecule has 0 unspecified atom stereocenters. The minimum absolute atomic E-state index is 0.0588. The molecule has 2 nitrogen and oxygen atoms in total. The molecule has 0 aliphatic carbocycles. The van der Waals surface area contributed by atoms with Crippen molar-refractivity contribution in [1.29, 1.82) is 0 Å². The van der Waals surface area contributed by atoms with Gasteiger partial charge in [0.1, 0.15) is 0 Å². The molecular formula is C16H16F3NO. The van der Waals surface area contributed by atoms with Crippen molar-refractivity contribution in [3.8, 4) is 0 Å². The Morgan fingerprint density at radius 3 is 2.19 bits per heavy atom. The second-order valence-electron chi connectivity index (χ2n) is 4.90. The molecule has 5 heteroatoms. The van der Waals surface area contributed by atoms with Crippen LogP contribution in [0.15, 0.2) is 42.5 Å². The summed E-state index contributed by atoms with van der Waals surface area (Å²) in [7, 11) is 1.59. The number of rotatable bonds is 3. The summed E-state index contributed by atoms with van der Waals surface area (Å²) in [5, 5.41) is 9.02. The minimum Gasteiger partial charge on any atom is -0.392 e. The van der Waals surface area contributed by atoms with E-state index in [1.165, 1.54) is 17.0 Å². The van der Waals surface area contributed by atoms with Crippen LogP contribution in [0.25, 0.3) is 0 Å². The molecule has 2 aromatic rings. The number of aliphatic hydroxyl groups is 1. The molecular weight excluding hydrogens is 279 g/mol. The van der Waals surface area contributed by atoms with Gasteiger partial charge in [-0.3, -0.25) is 0 Å². The third-order valence-electron chi connectivity index (χ3n) is 3.33. The molecule has 21 heavy (non-hydrogen) atoms. The average Bonchev–Trinajstić information content (AvgIpc) is 2.46. The Bertz CT molecular complexity index is 620. The van der Waals surface area contributed by atoms with Gasteiger partial charge in [-0.05, 0) is 36.8 Å². The lowest BCUT2D eigenvalue weighted by molar-refractivity contribution is -0.137. The number of alkyl halides is 3. The van der Waals surface area contributed by atoms with Crippen LogP contribution in [0.4, 0.5) is 24.5 Å². The van der Waals surface area contributed by atoms with E-state index in [1.807, 2.05) is 19.1 Å². The van der Waals surface area contributed by atoms with Gasteiger partial charge >= 0.3 is 6.18 Å². The van der Waals surface area contributed by atoms with Gasteiger partial charge in [0.05, 0.1) is 17.9 Å². The van der Waals surface area contributed by atoms with Crippen molar-refractivity contribution in [3.63, 3.8) is 0 Å². The van der Waals surface area contributed by atoms with Gasteiger partial charge < -0.3 is 10.0 Å². The molecule has 0 aliphatic rings. The molecule has 0 saturated carbocycles. The van der Waals surface area contributed by atoms with Crippen LogP contribution < -0.4 is 4.90 Å². The summed E-state index contributed by atoms with van der Waals surface area (Å²) >= 11 is 0. The maximum Gasteiger partial charge on any atom is 0.418 e. The van der Waals surface area contributed by atoms with Crippen molar-refractivity contribution < 1.29 is 18.3 Å². The standard InChI is InChI=1S/C16H16F3NO/c1-11-3-6-13(7-4-11)20(2)15-8-5-12(10-21)9-14(15)16(17,18)19/h3-9,21H,10H2,1-2H3. The van der Waals surface area contributed by atoms with Gasteiger partial charge in [-0.2, -0.15) is 13.2 Å². The van der Waals surface area contributed by atoms with Crippen LogP contribution in [0.5, 0.6) is 0 Å². The fourth-order valence-electron chi connectivity index (χ4n) is 2.11. The van der Waals surface area contributed by atoms with E-state index in [4.69, 9.17) is 5.11 Å². The summed E-state index contributed by atoms with van der Waals surface area (Å²) in [5.74, 6) is 0. The van der Waals surface area contributed by atoms with Gasteiger partial charge in [-0.15, -0.1) is 0 Å². The highest BCUT2D eigenvalue weighted by atomic mass is 19.4. The van der Waals surface area contributed by atoms with Crippen molar-refractivity contribution in [2.45, 2.75) is 19.7 Å². The molecule has 0 aliphatic heterocycles. The summed E-state index contributed by atoms with van der Waals surface area (Å²) in [6, 6.07) is 11.1. The zero-order valence-corrected chi connectivity index (χ0v) is 11.8. The summed E-state index contributed by atoms with van der Waals surface area (Å²) in [5.41, 5.74) is 1.26. The van der Waals surface area contributed by atoms with Gasteiger partial charge in [0.15, 0.2) is 0 Å². The van der Waals surface area contributed by atoms with E-state index in [9.17, 15) is 13.2 Å². The maximum atomic E-state index is 13.2. The van der Waals surface area contributed by atoms with Crippen molar-refractivity contribution >= 4 is 11.4 Å². The first-order valence-electron chi connectivity index (χ1n) is 6.44. The Morgan fingerprint density at radius 2 is 1.67 bits per heavy atom. The average molecular weight is 295 g/mol. The topological polar surface area (TPSA) is 23.5 Å². The molecule has 0 atom stereocenters. The SMILES string of the molecule is Cc1ccc(N(C)c2ccc(CO)cc2C(F)(F)F)cc1. The molecule has 0 amide bonds. The van der Waals surface area contributed by atoms with E-state index >= 15 is 0 Å². The number of halogens is 3. The highest BCUT2D eigenvalue weighted by Gasteiger charge is 2.34. The fourth-order valence-corrected chi connectivity index (χ4v) is 2.11. The first kappa shape index (κ1) is 15.4. The largest absolute Gasteiger partial charge is 0.418 e.